The van der Waals surface area contributed by atoms with Gasteiger partial charge in [0.1, 0.15) is 11.8 Å². The molecule has 0 radical (unpaired) electrons. The second-order valence-corrected chi connectivity index (χ2v) is 5.92. The molecule has 26 heavy (non-hydrogen) atoms. The zero-order valence-corrected chi connectivity index (χ0v) is 14.3. The summed E-state index contributed by atoms with van der Waals surface area (Å²) in [5, 5.41) is 15.5. The van der Waals surface area contributed by atoms with Crippen LogP contribution >= 0.6 is 0 Å². The summed E-state index contributed by atoms with van der Waals surface area (Å²) in [7, 11) is 0. The first-order chi connectivity index (χ1) is 12.7. The van der Waals surface area contributed by atoms with Gasteiger partial charge in [-0.25, -0.2) is 0 Å². The lowest BCUT2D eigenvalue weighted by Crippen LogP contribution is -2.15. The number of carbonyl (C=O) groups excluding carboxylic acids is 1. The van der Waals surface area contributed by atoms with Crippen LogP contribution in [0.2, 0.25) is 0 Å². The Morgan fingerprint density at radius 2 is 2.31 bits per heavy atom. The van der Waals surface area contributed by atoms with Gasteiger partial charge in [-0.3, -0.25) is 9.48 Å². The lowest BCUT2D eigenvalue weighted by molar-refractivity contribution is -0.111. The van der Waals surface area contributed by atoms with E-state index in [-0.39, 0.29) is 18.6 Å². The molecule has 3 rings (SSSR count). The second-order valence-electron chi connectivity index (χ2n) is 5.92. The van der Waals surface area contributed by atoms with Gasteiger partial charge >= 0.3 is 0 Å². The van der Waals surface area contributed by atoms with Crippen LogP contribution in [-0.4, -0.2) is 35.0 Å². The number of nitriles is 1. The number of nitrogens with zero attached hydrogens (tertiary/aromatic N) is 3. The third kappa shape index (κ3) is 5.19. The SMILES string of the molecule is N#CCOc1ccc(/C=C/C(=O)Nc2cnn(CC3CCCO3)c2)cc1. The molecule has 1 atom stereocenters. The van der Waals surface area contributed by atoms with Gasteiger partial charge < -0.3 is 14.8 Å². The van der Waals surface area contributed by atoms with Crippen LogP contribution in [0.5, 0.6) is 5.75 Å². The average molecular weight is 352 g/mol. The molecule has 0 aliphatic carbocycles. The number of hydrogen-bond acceptors (Lipinski definition) is 5. The van der Waals surface area contributed by atoms with E-state index >= 15 is 0 Å². The number of ether oxygens (including phenoxy) is 2. The van der Waals surface area contributed by atoms with E-state index in [1.807, 2.05) is 18.2 Å². The molecule has 7 heteroatoms. The minimum absolute atomic E-state index is 0.0120. The van der Waals surface area contributed by atoms with Crippen LogP contribution in [0.4, 0.5) is 5.69 Å². The minimum atomic E-state index is -0.230. The number of rotatable bonds is 7. The molecule has 1 unspecified atom stereocenters. The van der Waals surface area contributed by atoms with Crippen molar-refractivity contribution in [2.24, 2.45) is 0 Å². The van der Waals surface area contributed by atoms with Crippen LogP contribution in [0, 0.1) is 11.3 Å². The minimum Gasteiger partial charge on any atom is -0.479 e. The standard InChI is InChI=1S/C19H20N4O3/c20-9-11-26-17-6-3-15(4-7-17)5-8-19(24)22-16-12-21-23(13-16)14-18-2-1-10-25-18/h3-8,12-13,18H,1-2,10-11,14H2,(H,22,24)/b8-5+. The Morgan fingerprint density at radius 3 is 3.04 bits per heavy atom. The molecular formula is C19H20N4O3. The van der Waals surface area contributed by atoms with Gasteiger partial charge in [-0.2, -0.15) is 10.4 Å². The second kappa shape index (κ2) is 8.83. The summed E-state index contributed by atoms with van der Waals surface area (Å²) >= 11 is 0. The molecule has 1 aromatic heterocycles. The summed E-state index contributed by atoms with van der Waals surface area (Å²) in [4.78, 5) is 12.0. The van der Waals surface area contributed by atoms with Gasteiger partial charge in [-0.1, -0.05) is 12.1 Å². The maximum absolute atomic E-state index is 12.0. The van der Waals surface area contributed by atoms with Crippen molar-refractivity contribution in [3.63, 3.8) is 0 Å². The average Bonchev–Trinajstić information content (AvgIpc) is 3.32. The number of anilines is 1. The Kier molecular flexibility index (Phi) is 6.01. The molecule has 2 heterocycles. The lowest BCUT2D eigenvalue weighted by atomic mass is 10.2. The maximum atomic E-state index is 12.0. The third-order valence-electron chi connectivity index (χ3n) is 3.93. The normalized spacial score (nSPS) is 16.5. The van der Waals surface area contributed by atoms with Crippen LogP contribution in [0.25, 0.3) is 6.08 Å². The highest BCUT2D eigenvalue weighted by molar-refractivity contribution is 6.01. The summed E-state index contributed by atoms with van der Waals surface area (Å²) in [6.07, 6.45) is 8.94. The number of carbonyl (C=O) groups is 1. The van der Waals surface area contributed by atoms with Gasteiger partial charge in [0.25, 0.3) is 0 Å². The molecule has 1 N–H and O–H groups in total. The molecule has 0 saturated carbocycles. The predicted molar refractivity (Wildman–Crippen MR) is 96.4 cm³/mol. The highest BCUT2D eigenvalue weighted by Gasteiger charge is 2.16. The monoisotopic (exact) mass is 352 g/mol. The van der Waals surface area contributed by atoms with Crippen LogP contribution < -0.4 is 10.1 Å². The number of amides is 1. The van der Waals surface area contributed by atoms with Gasteiger partial charge in [-0.15, -0.1) is 0 Å². The molecule has 0 spiro atoms. The third-order valence-corrected chi connectivity index (χ3v) is 3.93. The van der Waals surface area contributed by atoms with E-state index in [0.717, 1.165) is 25.0 Å². The number of hydrogen-bond donors (Lipinski definition) is 1. The van der Waals surface area contributed by atoms with E-state index in [1.54, 1.807) is 35.3 Å². The molecule has 1 saturated heterocycles. The quantitative estimate of drug-likeness (QED) is 0.774. The molecule has 134 valence electrons. The van der Waals surface area contributed by atoms with Crippen molar-refractivity contribution >= 4 is 17.7 Å². The van der Waals surface area contributed by atoms with Crippen molar-refractivity contribution in [3.8, 4) is 11.8 Å². The van der Waals surface area contributed by atoms with Crippen molar-refractivity contribution in [3.05, 3.63) is 48.3 Å². The summed E-state index contributed by atoms with van der Waals surface area (Å²) < 4.78 is 12.5. The highest BCUT2D eigenvalue weighted by atomic mass is 16.5. The summed E-state index contributed by atoms with van der Waals surface area (Å²) in [5.74, 6) is 0.387. The van der Waals surface area contributed by atoms with E-state index in [2.05, 4.69) is 10.4 Å². The lowest BCUT2D eigenvalue weighted by Gasteiger charge is -2.08. The first-order valence-electron chi connectivity index (χ1n) is 8.46. The Balaban J connectivity index is 1.49. The fourth-order valence-corrected chi connectivity index (χ4v) is 2.67. The Labute approximate surface area is 151 Å². The van der Waals surface area contributed by atoms with E-state index < -0.39 is 0 Å². The van der Waals surface area contributed by atoms with Gasteiger partial charge in [-0.05, 0) is 36.6 Å². The van der Waals surface area contributed by atoms with Crippen molar-refractivity contribution in [1.82, 2.24) is 9.78 Å². The molecule has 2 aromatic rings. The van der Waals surface area contributed by atoms with Crippen LogP contribution in [0.15, 0.2) is 42.7 Å². The molecule has 1 aromatic carbocycles. The Morgan fingerprint density at radius 1 is 1.46 bits per heavy atom. The van der Waals surface area contributed by atoms with Crippen molar-refractivity contribution in [2.75, 3.05) is 18.5 Å². The molecule has 1 aliphatic rings. The van der Waals surface area contributed by atoms with E-state index in [4.69, 9.17) is 14.7 Å². The molecule has 1 amide bonds. The zero-order valence-electron chi connectivity index (χ0n) is 14.3. The zero-order chi connectivity index (χ0) is 18.2. The molecule has 1 aliphatic heterocycles. The van der Waals surface area contributed by atoms with E-state index in [1.165, 1.54) is 6.08 Å². The summed E-state index contributed by atoms with van der Waals surface area (Å²) in [6.45, 7) is 1.52. The maximum Gasteiger partial charge on any atom is 0.248 e. The van der Waals surface area contributed by atoms with Crippen molar-refractivity contribution in [2.45, 2.75) is 25.5 Å². The molecular weight excluding hydrogens is 332 g/mol. The van der Waals surface area contributed by atoms with Crippen molar-refractivity contribution < 1.29 is 14.3 Å². The first kappa shape index (κ1) is 17.7. The first-order valence-corrected chi connectivity index (χ1v) is 8.46. The van der Waals surface area contributed by atoms with Crippen LogP contribution in [0.3, 0.4) is 0 Å². The number of nitrogens with one attached hydrogen (secondary N) is 1. The Bertz CT molecular complexity index is 799. The van der Waals surface area contributed by atoms with E-state index in [9.17, 15) is 4.79 Å². The van der Waals surface area contributed by atoms with Crippen LogP contribution in [0.1, 0.15) is 18.4 Å². The Hall–Kier alpha value is -3.11. The molecule has 0 bridgehead atoms. The number of aromatic nitrogens is 2. The predicted octanol–water partition coefficient (Wildman–Crippen LogP) is 2.62. The van der Waals surface area contributed by atoms with Crippen molar-refractivity contribution in [1.29, 1.82) is 5.26 Å². The number of benzene rings is 1. The highest BCUT2D eigenvalue weighted by Crippen LogP contribution is 2.15. The van der Waals surface area contributed by atoms with Gasteiger partial charge in [0.15, 0.2) is 6.61 Å². The fourth-order valence-electron chi connectivity index (χ4n) is 2.67. The largest absolute Gasteiger partial charge is 0.479 e. The van der Waals surface area contributed by atoms with Gasteiger partial charge in [0, 0.05) is 18.9 Å². The molecule has 7 nitrogen and oxygen atoms in total. The van der Waals surface area contributed by atoms with Gasteiger partial charge in [0.2, 0.25) is 5.91 Å². The van der Waals surface area contributed by atoms with Crippen LogP contribution in [-0.2, 0) is 16.1 Å². The molecule has 1 fully saturated rings. The summed E-state index contributed by atoms with van der Waals surface area (Å²) in [6, 6.07) is 9.05. The smallest absolute Gasteiger partial charge is 0.248 e. The summed E-state index contributed by atoms with van der Waals surface area (Å²) in [5.41, 5.74) is 1.51. The van der Waals surface area contributed by atoms with E-state index in [0.29, 0.717) is 18.0 Å². The topological polar surface area (TPSA) is 89.2 Å². The van der Waals surface area contributed by atoms with Gasteiger partial charge in [0.05, 0.1) is 24.5 Å². The fraction of sp³-hybridized carbons (Fsp3) is 0.316.